The van der Waals surface area contributed by atoms with Gasteiger partial charge in [0.05, 0.1) is 18.7 Å². The van der Waals surface area contributed by atoms with E-state index in [0.717, 1.165) is 36.1 Å². The summed E-state index contributed by atoms with van der Waals surface area (Å²) in [5.74, 6) is -1.00. The molecule has 2 heterocycles. The third-order valence-corrected chi connectivity index (χ3v) is 4.49. The van der Waals surface area contributed by atoms with Crippen LogP contribution in [0.3, 0.4) is 0 Å². The highest BCUT2D eigenvalue weighted by molar-refractivity contribution is 5.84. The van der Waals surface area contributed by atoms with Gasteiger partial charge in [0.1, 0.15) is 0 Å². The molecule has 0 bridgehead atoms. The number of piperidine rings is 1. The molecule has 1 aromatic heterocycles. The van der Waals surface area contributed by atoms with Crippen molar-refractivity contribution in [3.8, 4) is 0 Å². The van der Waals surface area contributed by atoms with Crippen LogP contribution in [0.25, 0.3) is 0 Å². The first-order valence-electron chi connectivity index (χ1n) is 8.42. The second kappa shape index (κ2) is 7.04. The Morgan fingerprint density at radius 2 is 1.96 bits per heavy atom. The highest BCUT2D eigenvalue weighted by Gasteiger charge is 2.26. The molecule has 0 spiro atoms. The molecular formula is C18H22N4O3. The number of carbonyl (C=O) groups excluding carboxylic acids is 1. The van der Waals surface area contributed by atoms with Crippen molar-refractivity contribution in [2.75, 3.05) is 13.1 Å². The molecule has 0 saturated carbocycles. The molecule has 1 unspecified atom stereocenters. The summed E-state index contributed by atoms with van der Waals surface area (Å²) < 4.78 is 1.57. The summed E-state index contributed by atoms with van der Waals surface area (Å²) in [7, 11) is 0. The summed E-state index contributed by atoms with van der Waals surface area (Å²) in [5, 5.41) is 16.5. The fourth-order valence-corrected chi connectivity index (χ4v) is 3.41. The van der Waals surface area contributed by atoms with Crippen LogP contribution in [0.2, 0.25) is 0 Å². The van der Waals surface area contributed by atoms with E-state index in [9.17, 15) is 9.59 Å². The van der Waals surface area contributed by atoms with E-state index in [1.165, 1.54) is 6.20 Å². The quantitative estimate of drug-likeness (QED) is 0.918. The second-order valence-corrected chi connectivity index (χ2v) is 6.70. The van der Waals surface area contributed by atoms with Crippen molar-refractivity contribution in [1.29, 1.82) is 0 Å². The van der Waals surface area contributed by atoms with Gasteiger partial charge in [-0.15, -0.1) is 5.10 Å². The molecule has 1 saturated heterocycles. The fraction of sp³-hybridized carbons (Fsp3) is 0.444. The van der Waals surface area contributed by atoms with Gasteiger partial charge in [0.15, 0.2) is 5.69 Å². The number of aryl methyl sites for hydroxylation is 2. The standard InChI is InChI=1S/C18H22N4O3/c1-12-6-13(2)8-14(7-12)9-17(23)21-5-3-4-15(10-21)22-11-16(18(24)25)19-20-22/h6-8,11,15H,3-5,9-10H2,1-2H3,(H,24,25). The number of hydrogen-bond donors (Lipinski definition) is 1. The van der Waals surface area contributed by atoms with E-state index in [-0.39, 0.29) is 17.6 Å². The molecule has 132 valence electrons. The van der Waals surface area contributed by atoms with Crippen molar-refractivity contribution < 1.29 is 14.7 Å². The van der Waals surface area contributed by atoms with Crippen molar-refractivity contribution in [1.82, 2.24) is 19.9 Å². The number of aromatic carboxylic acids is 1. The Kier molecular flexibility index (Phi) is 4.83. The Hall–Kier alpha value is -2.70. The molecule has 1 aliphatic heterocycles. The van der Waals surface area contributed by atoms with Crippen LogP contribution in [0.1, 0.15) is 46.1 Å². The zero-order chi connectivity index (χ0) is 18.0. The number of carboxylic acid groups (broad SMARTS) is 1. The SMILES string of the molecule is Cc1cc(C)cc(CC(=O)N2CCCC(n3cc(C(=O)O)nn3)C2)c1. The van der Waals surface area contributed by atoms with Gasteiger partial charge in [-0.05, 0) is 32.3 Å². The Bertz CT molecular complexity index is 779. The first kappa shape index (κ1) is 17.1. The lowest BCUT2D eigenvalue weighted by atomic mass is 10.0. The van der Waals surface area contributed by atoms with Crippen LogP contribution >= 0.6 is 0 Å². The highest BCUT2D eigenvalue weighted by Crippen LogP contribution is 2.22. The minimum atomic E-state index is -1.09. The molecule has 3 rings (SSSR count). The van der Waals surface area contributed by atoms with Crippen LogP contribution in [0.5, 0.6) is 0 Å². The Morgan fingerprint density at radius 3 is 2.60 bits per heavy atom. The largest absolute Gasteiger partial charge is 0.476 e. The molecule has 1 aromatic carbocycles. The van der Waals surface area contributed by atoms with Crippen molar-refractivity contribution >= 4 is 11.9 Å². The molecular weight excluding hydrogens is 320 g/mol. The summed E-state index contributed by atoms with van der Waals surface area (Å²) in [4.78, 5) is 25.5. The van der Waals surface area contributed by atoms with E-state index in [4.69, 9.17) is 5.11 Å². The summed E-state index contributed by atoms with van der Waals surface area (Å²) in [6.45, 7) is 5.32. The number of carboxylic acids is 1. The number of rotatable bonds is 4. The summed E-state index contributed by atoms with van der Waals surface area (Å²) >= 11 is 0. The van der Waals surface area contributed by atoms with E-state index < -0.39 is 5.97 Å². The Balaban J connectivity index is 1.67. The van der Waals surface area contributed by atoms with Gasteiger partial charge in [-0.2, -0.15) is 0 Å². The van der Waals surface area contributed by atoms with Gasteiger partial charge >= 0.3 is 5.97 Å². The second-order valence-electron chi connectivity index (χ2n) is 6.70. The van der Waals surface area contributed by atoms with E-state index in [1.807, 2.05) is 30.9 Å². The molecule has 1 N–H and O–H groups in total. The van der Waals surface area contributed by atoms with E-state index >= 15 is 0 Å². The van der Waals surface area contributed by atoms with Crippen molar-refractivity contribution in [3.63, 3.8) is 0 Å². The number of likely N-dealkylation sites (tertiary alicyclic amines) is 1. The fourth-order valence-electron chi connectivity index (χ4n) is 3.41. The number of amides is 1. The molecule has 1 amide bonds. The molecule has 0 aliphatic carbocycles. The van der Waals surface area contributed by atoms with Gasteiger partial charge in [0, 0.05) is 13.1 Å². The third-order valence-electron chi connectivity index (χ3n) is 4.49. The molecule has 1 atom stereocenters. The molecule has 7 heteroatoms. The predicted octanol–water partition coefficient (Wildman–Crippen LogP) is 2.00. The number of benzene rings is 1. The third kappa shape index (κ3) is 4.04. The topological polar surface area (TPSA) is 88.3 Å². The Morgan fingerprint density at radius 1 is 1.24 bits per heavy atom. The minimum Gasteiger partial charge on any atom is -0.476 e. The average molecular weight is 342 g/mol. The summed E-state index contributed by atoms with van der Waals surface area (Å²) in [6.07, 6.45) is 3.54. The van der Waals surface area contributed by atoms with Crippen molar-refractivity contribution in [2.45, 2.75) is 39.2 Å². The van der Waals surface area contributed by atoms with Gasteiger partial charge in [-0.1, -0.05) is 34.5 Å². The van der Waals surface area contributed by atoms with Gasteiger partial charge in [-0.3, -0.25) is 4.79 Å². The number of hydrogen-bond acceptors (Lipinski definition) is 4. The zero-order valence-corrected chi connectivity index (χ0v) is 14.5. The van der Waals surface area contributed by atoms with Crippen LogP contribution in [-0.4, -0.2) is 50.0 Å². The predicted molar refractivity (Wildman–Crippen MR) is 91.5 cm³/mol. The Labute approximate surface area is 146 Å². The molecule has 0 radical (unpaired) electrons. The normalized spacial score (nSPS) is 17.5. The van der Waals surface area contributed by atoms with Gasteiger partial charge in [0.2, 0.25) is 5.91 Å². The maximum atomic E-state index is 12.7. The van der Waals surface area contributed by atoms with Gasteiger partial charge in [0.25, 0.3) is 0 Å². The maximum absolute atomic E-state index is 12.7. The lowest BCUT2D eigenvalue weighted by molar-refractivity contribution is -0.132. The molecule has 2 aromatic rings. The van der Waals surface area contributed by atoms with Crippen molar-refractivity contribution in [2.24, 2.45) is 0 Å². The summed E-state index contributed by atoms with van der Waals surface area (Å²) in [5.41, 5.74) is 3.27. The number of carbonyl (C=O) groups is 2. The summed E-state index contributed by atoms with van der Waals surface area (Å²) in [6, 6.07) is 6.15. The monoisotopic (exact) mass is 342 g/mol. The zero-order valence-electron chi connectivity index (χ0n) is 14.5. The van der Waals surface area contributed by atoms with Crippen LogP contribution < -0.4 is 0 Å². The molecule has 1 aliphatic rings. The van der Waals surface area contributed by atoms with Crippen molar-refractivity contribution in [3.05, 3.63) is 46.8 Å². The van der Waals surface area contributed by atoms with Gasteiger partial charge in [-0.25, -0.2) is 9.48 Å². The lowest BCUT2D eigenvalue weighted by Crippen LogP contribution is -2.41. The maximum Gasteiger partial charge on any atom is 0.358 e. The first-order chi connectivity index (χ1) is 11.9. The highest BCUT2D eigenvalue weighted by atomic mass is 16.4. The van der Waals surface area contributed by atoms with Crippen LogP contribution in [0.15, 0.2) is 24.4 Å². The molecule has 25 heavy (non-hydrogen) atoms. The van der Waals surface area contributed by atoms with Crippen LogP contribution in [0, 0.1) is 13.8 Å². The van der Waals surface area contributed by atoms with E-state index in [1.54, 1.807) is 4.68 Å². The first-order valence-corrected chi connectivity index (χ1v) is 8.42. The van der Waals surface area contributed by atoms with E-state index in [0.29, 0.717) is 13.0 Å². The van der Waals surface area contributed by atoms with Crippen LogP contribution in [-0.2, 0) is 11.2 Å². The van der Waals surface area contributed by atoms with E-state index in [2.05, 4.69) is 16.4 Å². The number of nitrogens with zero attached hydrogens (tertiary/aromatic N) is 4. The lowest BCUT2D eigenvalue weighted by Gasteiger charge is -2.32. The van der Waals surface area contributed by atoms with Crippen LogP contribution in [0.4, 0.5) is 0 Å². The molecule has 1 fully saturated rings. The minimum absolute atomic E-state index is 0.0301. The molecule has 7 nitrogen and oxygen atoms in total. The smallest absolute Gasteiger partial charge is 0.358 e. The number of aromatic nitrogens is 3. The van der Waals surface area contributed by atoms with Gasteiger partial charge < -0.3 is 10.0 Å². The average Bonchev–Trinajstić information content (AvgIpc) is 3.04.